The maximum absolute atomic E-state index is 4.00. The fraction of sp³-hybridized carbons (Fsp3) is 0.760. The average molecular weight is 382 g/mol. The van der Waals surface area contributed by atoms with Gasteiger partial charge >= 0.3 is 0 Å². The second kappa shape index (κ2) is 7.74. The number of hydrogen-bond acceptors (Lipinski definition) is 3. The van der Waals surface area contributed by atoms with Crippen LogP contribution in [-0.2, 0) is 0 Å². The Morgan fingerprint density at radius 3 is 2.71 bits per heavy atom. The number of piperazine rings is 1. The first-order valence-electron chi connectivity index (χ1n) is 11.9. The van der Waals surface area contributed by atoms with Gasteiger partial charge in [-0.1, -0.05) is 38.1 Å². The Morgan fingerprint density at radius 1 is 1.11 bits per heavy atom. The lowest BCUT2D eigenvalue weighted by atomic mass is 9.54. The van der Waals surface area contributed by atoms with E-state index in [1.165, 1.54) is 51.7 Å². The van der Waals surface area contributed by atoms with Crippen LogP contribution in [0.5, 0.6) is 0 Å². The molecular formula is C25H39N3. The predicted octanol–water partition coefficient (Wildman–Crippen LogP) is 4.17. The molecule has 6 unspecified atom stereocenters. The molecule has 0 aromatic heterocycles. The lowest BCUT2D eigenvalue weighted by Crippen LogP contribution is -2.47. The molecule has 0 spiro atoms. The summed E-state index contributed by atoms with van der Waals surface area (Å²) in [6.07, 6.45) is 7.12. The van der Waals surface area contributed by atoms with E-state index in [1.54, 1.807) is 11.1 Å². The first kappa shape index (κ1) is 19.1. The van der Waals surface area contributed by atoms with Crippen LogP contribution in [-0.4, -0.2) is 44.2 Å². The third-order valence-electron chi connectivity index (χ3n) is 9.22. The second-order valence-electron chi connectivity index (χ2n) is 10.4. The summed E-state index contributed by atoms with van der Waals surface area (Å²) >= 11 is 0. The summed E-state index contributed by atoms with van der Waals surface area (Å²) in [7, 11) is 0. The Balaban J connectivity index is 1.33. The summed E-state index contributed by atoms with van der Waals surface area (Å²) in [6.45, 7) is 12.2. The molecule has 1 saturated heterocycles. The fourth-order valence-electron chi connectivity index (χ4n) is 7.36. The first-order valence-corrected chi connectivity index (χ1v) is 11.9. The van der Waals surface area contributed by atoms with Crippen molar-refractivity contribution in [3.63, 3.8) is 0 Å². The maximum atomic E-state index is 4.00. The lowest BCUT2D eigenvalue weighted by molar-refractivity contribution is 0.0265. The second-order valence-corrected chi connectivity index (χ2v) is 10.4. The highest BCUT2D eigenvalue weighted by molar-refractivity contribution is 5.37. The normalized spacial score (nSPS) is 40.6. The minimum Gasteiger partial charge on any atom is -0.314 e. The van der Waals surface area contributed by atoms with Crippen molar-refractivity contribution < 1.29 is 0 Å². The van der Waals surface area contributed by atoms with Crippen LogP contribution in [0.4, 0.5) is 0 Å². The van der Waals surface area contributed by atoms with Crippen LogP contribution in [0.3, 0.4) is 0 Å². The van der Waals surface area contributed by atoms with E-state index in [1.807, 2.05) is 0 Å². The molecular weight excluding hydrogens is 342 g/mol. The van der Waals surface area contributed by atoms with E-state index in [2.05, 4.69) is 53.6 Å². The van der Waals surface area contributed by atoms with Gasteiger partial charge in [-0.3, -0.25) is 4.90 Å². The molecule has 1 aromatic carbocycles. The molecule has 0 radical (unpaired) electrons. The molecule has 0 bridgehead atoms. The molecule has 5 rings (SSSR count). The Bertz CT molecular complexity index is 682. The van der Waals surface area contributed by atoms with Gasteiger partial charge in [-0.15, -0.1) is 0 Å². The van der Waals surface area contributed by atoms with Gasteiger partial charge in [-0.2, -0.15) is 0 Å². The number of hydrogen-bond donors (Lipinski definition) is 2. The zero-order valence-electron chi connectivity index (χ0n) is 17.9. The maximum Gasteiger partial charge on any atom is 0.0326 e. The SMILES string of the molecule is CC1CCC2C3CC(NCCN4CCNCC4)c4ccccc4C3CCC12C. The molecule has 28 heavy (non-hydrogen) atoms. The van der Waals surface area contributed by atoms with Gasteiger partial charge in [0.05, 0.1) is 0 Å². The molecule has 3 heteroatoms. The highest BCUT2D eigenvalue weighted by atomic mass is 15.2. The van der Waals surface area contributed by atoms with Crippen molar-refractivity contribution in [3.05, 3.63) is 35.4 Å². The van der Waals surface area contributed by atoms with Crippen LogP contribution in [0.2, 0.25) is 0 Å². The van der Waals surface area contributed by atoms with E-state index >= 15 is 0 Å². The molecule has 4 aliphatic rings. The van der Waals surface area contributed by atoms with Crippen LogP contribution in [0, 0.1) is 23.2 Å². The van der Waals surface area contributed by atoms with Crippen molar-refractivity contribution in [1.29, 1.82) is 0 Å². The molecule has 1 aromatic rings. The monoisotopic (exact) mass is 381 g/mol. The molecule has 3 fully saturated rings. The Hall–Kier alpha value is -0.900. The molecule has 3 nitrogen and oxygen atoms in total. The first-order chi connectivity index (χ1) is 13.7. The molecule has 1 heterocycles. The smallest absolute Gasteiger partial charge is 0.0326 e. The van der Waals surface area contributed by atoms with E-state index in [0.717, 1.165) is 43.3 Å². The Morgan fingerprint density at radius 2 is 1.89 bits per heavy atom. The number of fused-ring (bicyclic) bond motifs is 5. The van der Waals surface area contributed by atoms with Crippen LogP contribution >= 0.6 is 0 Å². The van der Waals surface area contributed by atoms with E-state index in [4.69, 9.17) is 0 Å². The number of benzene rings is 1. The van der Waals surface area contributed by atoms with Crippen LogP contribution in [0.1, 0.15) is 69.0 Å². The summed E-state index contributed by atoms with van der Waals surface area (Å²) in [5.74, 6) is 3.54. The van der Waals surface area contributed by atoms with Crippen molar-refractivity contribution in [2.45, 2.75) is 57.9 Å². The number of rotatable bonds is 4. The molecule has 6 atom stereocenters. The summed E-state index contributed by atoms with van der Waals surface area (Å²) in [5, 5.41) is 7.46. The minimum absolute atomic E-state index is 0.554. The van der Waals surface area contributed by atoms with Crippen LogP contribution < -0.4 is 10.6 Å². The molecule has 1 aliphatic heterocycles. The highest BCUT2D eigenvalue weighted by Crippen LogP contribution is 2.63. The Kier molecular flexibility index (Phi) is 5.27. The van der Waals surface area contributed by atoms with Crippen molar-refractivity contribution in [1.82, 2.24) is 15.5 Å². The quantitative estimate of drug-likeness (QED) is 0.820. The van der Waals surface area contributed by atoms with Gasteiger partial charge < -0.3 is 10.6 Å². The summed E-state index contributed by atoms with van der Waals surface area (Å²) < 4.78 is 0. The van der Waals surface area contributed by atoms with Crippen LogP contribution in [0.25, 0.3) is 0 Å². The van der Waals surface area contributed by atoms with Gasteiger partial charge in [0.15, 0.2) is 0 Å². The Labute approximate surface area is 171 Å². The van der Waals surface area contributed by atoms with Gasteiger partial charge in [-0.25, -0.2) is 0 Å². The van der Waals surface area contributed by atoms with Crippen molar-refractivity contribution >= 4 is 0 Å². The standard InChI is InChI=1S/C25H39N3/c1-18-7-8-23-22-17-24(27-13-16-28-14-11-26-12-15-28)21-6-4-3-5-19(21)20(22)9-10-25(18,23)2/h3-6,18,20,22-24,26-27H,7-17H2,1-2H3. The van der Waals surface area contributed by atoms with E-state index in [-0.39, 0.29) is 0 Å². The lowest BCUT2D eigenvalue weighted by Gasteiger charge is -2.52. The summed E-state index contributed by atoms with van der Waals surface area (Å²) in [6, 6.07) is 9.97. The van der Waals surface area contributed by atoms with E-state index in [0.29, 0.717) is 11.5 Å². The third kappa shape index (κ3) is 3.24. The average Bonchev–Trinajstić information content (AvgIpc) is 3.04. The fourth-order valence-corrected chi connectivity index (χ4v) is 7.36. The van der Waals surface area contributed by atoms with Gasteiger partial charge in [0, 0.05) is 45.3 Å². The molecule has 2 saturated carbocycles. The van der Waals surface area contributed by atoms with Crippen molar-refractivity contribution in [3.8, 4) is 0 Å². The molecule has 2 N–H and O–H groups in total. The van der Waals surface area contributed by atoms with E-state index in [9.17, 15) is 0 Å². The summed E-state index contributed by atoms with van der Waals surface area (Å²) in [4.78, 5) is 2.61. The van der Waals surface area contributed by atoms with Gasteiger partial charge in [0.1, 0.15) is 0 Å². The topological polar surface area (TPSA) is 27.3 Å². The number of nitrogens with zero attached hydrogens (tertiary/aromatic N) is 1. The third-order valence-corrected chi connectivity index (χ3v) is 9.22. The van der Waals surface area contributed by atoms with Crippen molar-refractivity contribution in [2.75, 3.05) is 39.3 Å². The predicted molar refractivity (Wildman–Crippen MR) is 117 cm³/mol. The van der Waals surface area contributed by atoms with Gasteiger partial charge in [0.25, 0.3) is 0 Å². The van der Waals surface area contributed by atoms with Gasteiger partial charge in [-0.05, 0) is 72.3 Å². The zero-order valence-corrected chi connectivity index (χ0v) is 17.9. The van der Waals surface area contributed by atoms with Crippen molar-refractivity contribution in [2.24, 2.45) is 23.2 Å². The summed E-state index contributed by atoms with van der Waals surface area (Å²) in [5.41, 5.74) is 3.89. The molecule has 154 valence electrons. The van der Waals surface area contributed by atoms with Gasteiger partial charge in [0.2, 0.25) is 0 Å². The molecule has 3 aliphatic carbocycles. The van der Waals surface area contributed by atoms with Crippen LogP contribution in [0.15, 0.2) is 24.3 Å². The van der Waals surface area contributed by atoms with E-state index < -0.39 is 0 Å². The number of nitrogens with one attached hydrogen (secondary N) is 2. The molecule has 0 amide bonds. The highest BCUT2D eigenvalue weighted by Gasteiger charge is 2.54. The minimum atomic E-state index is 0.554. The zero-order chi connectivity index (χ0) is 19.1. The largest absolute Gasteiger partial charge is 0.314 e.